The van der Waals surface area contributed by atoms with Gasteiger partial charge in [0.2, 0.25) is 0 Å². The standard InChI is InChI=1S/C18H36O/c1-2-3-4-5-6-7-8-9-10-11-12-13-14-15-16-17-18-19/h9-10,19H,2-8,11-18H2,1H3/b10-9-/i8D2,9D,10D. The minimum Gasteiger partial charge on any atom is -0.396 e. The number of unbranched alkanes of at least 4 members (excludes halogenated alkanes) is 9. The average Bonchev–Trinajstić information content (AvgIpc) is 2.52. The Bertz CT molecular complexity index is 316. The van der Waals surface area contributed by atoms with Gasteiger partial charge in [-0.25, -0.2) is 0 Å². The number of allylic oxidation sites excluding steroid dienone is 2. The average molecular weight is 273 g/mol. The topological polar surface area (TPSA) is 20.2 Å². The van der Waals surface area contributed by atoms with Crippen LogP contribution in [0.5, 0.6) is 0 Å². The molecule has 0 unspecified atom stereocenters. The molecule has 0 fully saturated rings. The van der Waals surface area contributed by atoms with Gasteiger partial charge >= 0.3 is 0 Å². The monoisotopic (exact) mass is 272 g/mol. The molecule has 0 saturated heterocycles. The fourth-order valence-corrected chi connectivity index (χ4v) is 2.04. The van der Waals surface area contributed by atoms with Crippen molar-refractivity contribution >= 4 is 0 Å². The van der Waals surface area contributed by atoms with E-state index in [0.717, 1.165) is 57.8 Å². The van der Waals surface area contributed by atoms with E-state index in [1.807, 2.05) is 0 Å². The van der Waals surface area contributed by atoms with Crippen LogP contribution in [-0.2, 0) is 0 Å². The molecule has 0 rings (SSSR count). The van der Waals surface area contributed by atoms with Crippen LogP contribution < -0.4 is 0 Å². The molecule has 0 radical (unpaired) electrons. The van der Waals surface area contributed by atoms with Gasteiger partial charge in [0.25, 0.3) is 0 Å². The predicted molar refractivity (Wildman–Crippen MR) is 86.5 cm³/mol. The third kappa shape index (κ3) is 17.7. The summed E-state index contributed by atoms with van der Waals surface area (Å²) in [6, 6.07) is 0.0483. The van der Waals surface area contributed by atoms with Gasteiger partial charge in [0.1, 0.15) is 0 Å². The SMILES string of the molecule is [2H]/C(CCCCCCCCO)=C(\[2H])C([2H])([2H])CCCCCCC. The second kappa shape index (κ2) is 17.7. The lowest BCUT2D eigenvalue weighted by molar-refractivity contribution is 0.282. The first-order valence-corrected chi connectivity index (χ1v) is 8.23. The Kier molecular flexibility index (Phi) is 11.6. The molecule has 1 heteroatoms. The van der Waals surface area contributed by atoms with Crippen molar-refractivity contribution in [1.29, 1.82) is 0 Å². The molecular weight excluding hydrogens is 232 g/mol. The number of aliphatic hydroxyl groups is 1. The molecule has 0 aromatic heterocycles. The van der Waals surface area contributed by atoms with Crippen molar-refractivity contribution in [3.63, 3.8) is 0 Å². The van der Waals surface area contributed by atoms with Crippen LogP contribution in [-0.4, -0.2) is 11.7 Å². The highest BCUT2D eigenvalue weighted by Crippen LogP contribution is 2.09. The summed E-state index contributed by atoms with van der Waals surface area (Å²) in [5.41, 5.74) is 0. The largest absolute Gasteiger partial charge is 0.396 e. The van der Waals surface area contributed by atoms with Crippen LogP contribution in [0, 0.1) is 0 Å². The van der Waals surface area contributed by atoms with E-state index in [2.05, 4.69) is 6.92 Å². The lowest BCUT2D eigenvalue weighted by Gasteiger charge is -1.99. The molecule has 0 aliphatic heterocycles. The summed E-state index contributed by atoms with van der Waals surface area (Å²) in [4.78, 5) is 0. The van der Waals surface area contributed by atoms with Gasteiger partial charge in [-0.15, -0.1) is 0 Å². The minimum atomic E-state index is -1.65. The maximum atomic E-state index is 8.70. The fraction of sp³-hybridized carbons (Fsp3) is 0.889. The second-order valence-electron chi connectivity index (χ2n) is 5.24. The molecule has 0 aromatic rings. The summed E-state index contributed by atoms with van der Waals surface area (Å²) in [6.45, 7) is 2.41. The van der Waals surface area contributed by atoms with Crippen molar-refractivity contribution in [1.82, 2.24) is 0 Å². The molecule has 19 heavy (non-hydrogen) atoms. The third-order valence-corrected chi connectivity index (χ3v) is 3.29. The molecule has 1 N–H and O–H groups in total. The van der Waals surface area contributed by atoms with Crippen molar-refractivity contribution in [2.24, 2.45) is 0 Å². The van der Waals surface area contributed by atoms with Crippen molar-refractivity contribution in [2.45, 2.75) is 96.8 Å². The Labute approximate surface area is 127 Å². The van der Waals surface area contributed by atoms with E-state index in [-0.39, 0.29) is 18.7 Å². The maximum Gasteiger partial charge on any atom is 0.0572 e. The van der Waals surface area contributed by atoms with Crippen molar-refractivity contribution in [3.05, 3.63) is 12.1 Å². The summed E-state index contributed by atoms with van der Waals surface area (Å²) >= 11 is 0. The van der Waals surface area contributed by atoms with E-state index < -0.39 is 6.37 Å². The van der Waals surface area contributed by atoms with Crippen LogP contribution in [0.25, 0.3) is 0 Å². The Balaban J connectivity index is 3.99. The van der Waals surface area contributed by atoms with Gasteiger partial charge in [-0.1, -0.05) is 76.8 Å². The Morgan fingerprint density at radius 2 is 1.37 bits per heavy atom. The summed E-state index contributed by atoms with van der Waals surface area (Å²) in [5.74, 6) is 0. The highest BCUT2D eigenvalue weighted by atomic mass is 16.2. The minimum absolute atomic E-state index is 0.117. The summed E-state index contributed by atoms with van der Waals surface area (Å²) < 4.78 is 31.9. The van der Waals surface area contributed by atoms with Gasteiger partial charge < -0.3 is 5.11 Å². The van der Waals surface area contributed by atoms with Crippen molar-refractivity contribution < 1.29 is 10.6 Å². The van der Waals surface area contributed by atoms with Crippen LogP contribution >= 0.6 is 0 Å². The van der Waals surface area contributed by atoms with Crippen LogP contribution in [0.15, 0.2) is 12.1 Å². The van der Waals surface area contributed by atoms with Gasteiger partial charge in [0.05, 0.1) is 2.74 Å². The lowest BCUT2D eigenvalue weighted by atomic mass is 10.1. The first-order valence-electron chi connectivity index (χ1n) is 10.2. The summed E-state index contributed by atoms with van der Waals surface area (Å²) in [5, 5.41) is 8.70. The van der Waals surface area contributed by atoms with Gasteiger partial charge in [-0.3, -0.25) is 0 Å². The number of hydrogen-bond acceptors (Lipinski definition) is 1. The Morgan fingerprint density at radius 3 is 2.05 bits per heavy atom. The number of aliphatic hydroxyl groups excluding tert-OH is 1. The van der Waals surface area contributed by atoms with Gasteiger partial charge in [0.15, 0.2) is 0 Å². The summed E-state index contributed by atoms with van der Waals surface area (Å²) in [7, 11) is 0. The molecule has 0 aromatic carbocycles. The van der Waals surface area contributed by atoms with E-state index in [0.29, 0.717) is 12.8 Å². The van der Waals surface area contributed by atoms with E-state index in [1.54, 1.807) is 0 Å². The van der Waals surface area contributed by atoms with Crippen LogP contribution in [0.2, 0.25) is 0 Å². The predicted octanol–water partition coefficient (Wildman–Crippen LogP) is 6.02. The summed E-state index contributed by atoms with van der Waals surface area (Å²) in [6.07, 6.45) is 10.5. The first-order chi connectivity index (χ1) is 11.0. The highest BCUT2D eigenvalue weighted by Gasteiger charge is 1.90. The van der Waals surface area contributed by atoms with Crippen LogP contribution in [0.1, 0.15) is 102 Å². The van der Waals surface area contributed by atoms with Crippen molar-refractivity contribution in [2.75, 3.05) is 6.61 Å². The molecule has 1 nitrogen and oxygen atoms in total. The highest BCUT2D eigenvalue weighted by molar-refractivity contribution is 4.81. The molecule has 0 aliphatic rings. The zero-order valence-electron chi connectivity index (χ0n) is 16.8. The molecule has 0 amide bonds. The zero-order valence-corrected chi connectivity index (χ0v) is 12.8. The fourth-order valence-electron chi connectivity index (χ4n) is 2.04. The van der Waals surface area contributed by atoms with Gasteiger partial charge in [0, 0.05) is 9.35 Å². The Morgan fingerprint density at radius 1 is 0.789 bits per heavy atom. The molecular formula is C18H36O. The number of rotatable bonds is 15. The Hall–Kier alpha value is -0.300. The van der Waals surface area contributed by atoms with Gasteiger partial charge in [-0.2, -0.15) is 0 Å². The smallest absolute Gasteiger partial charge is 0.0572 e. The molecule has 0 bridgehead atoms. The molecule has 0 heterocycles. The molecule has 0 atom stereocenters. The molecule has 0 saturated carbocycles. The van der Waals surface area contributed by atoms with E-state index >= 15 is 0 Å². The molecule has 0 spiro atoms. The van der Waals surface area contributed by atoms with Gasteiger partial charge in [-0.05, 0) is 32.1 Å². The quantitative estimate of drug-likeness (QED) is 0.285. The third-order valence-electron chi connectivity index (χ3n) is 3.29. The van der Waals surface area contributed by atoms with Crippen LogP contribution in [0.3, 0.4) is 0 Å². The molecule has 0 aliphatic carbocycles. The van der Waals surface area contributed by atoms with Crippen molar-refractivity contribution in [3.8, 4) is 0 Å². The second-order valence-corrected chi connectivity index (χ2v) is 5.24. The first kappa shape index (κ1) is 12.4. The van der Waals surface area contributed by atoms with E-state index in [4.69, 9.17) is 10.6 Å². The maximum absolute atomic E-state index is 8.70. The number of hydrogen-bond donors (Lipinski definition) is 1. The lowest BCUT2D eigenvalue weighted by Crippen LogP contribution is -1.83. The van der Waals surface area contributed by atoms with E-state index in [9.17, 15) is 0 Å². The van der Waals surface area contributed by atoms with Crippen LogP contribution in [0.4, 0.5) is 0 Å². The van der Waals surface area contributed by atoms with E-state index in [1.165, 1.54) is 12.8 Å². The normalized spacial score (nSPS) is 16.3. The zero-order chi connectivity index (χ0) is 17.6. The molecule has 114 valence electrons.